The molecular formula is C4H9O2S2U. The van der Waals surface area contributed by atoms with Gasteiger partial charge in [-0.25, -0.2) is 0 Å². The molecule has 1 unspecified atom stereocenters. The zero-order valence-electron chi connectivity index (χ0n) is 5.29. The van der Waals surface area contributed by atoms with Crippen molar-refractivity contribution in [2.45, 2.75) is 3.96 Å². The van der Waals surface area contributed by atoms with E-state index in [1.165, 1.54) is 3.03 Å². The molecule has 9 heavy (non-hydrogen) atoms. The summed E-state index contributed by atoms with van der Waals surface area (Å²) in [7, 11) is 5.90. The molecule has 0 aliphatic rings. The Labute approximate surface area is 65.1 Å². The minimum absolute atomic E-state index is 0.827. The first-order valence-electron chi connectivity index (χ1n) is 2.34. The third-order valence-electron chi connectivity index (χ3n) is 0.805. The van der Waals surface area contributed by atoms with E-state index in [4.69, 9.17) is 5.11 Å². The van der Waals surface area contributed by atoms with Gasteiger partial charge in [-0.1, -0.05) is 0 Å². The molecule has 0 aliphatic carbocycles. The van der Waals surface area contributed by atoms with Gasteiger partial charge in [0.2, 0.25) is 0 Å². The van der Waals surface area contributed by atoms with E-state index in [0.29, 0.717) is 0 Å². The fraction of sp³-hybridized carbons (Fsp3) is 0.500. The summed E-state index contributed by atoms with van der Waals surface area (Å²) in [5.41, 5.74) is 0. The Balaban J connectivity index is 4.28. The van der Waals surface area contributed by atoms with Gasteiger partial charge < -0.3 is 0 Å². The van der Waals surface area contributed by atoms with Gasteiger partial charge in [0.1, 0.15) is 0 Å². The summed E-state index contributed by atoms with van der Waals surface area (Å²) in [5.74, 6) is -0.827. The van der Waals surface area contributed by atoms with Gasteiger partial charge in [0.05, 0.1) is 0 Å². The molecule has 0 aliphatic heterocycles. The van der Waals surface area contributed by atoms with Crippen LogP contribution >= 0.6 is 16.0 Å². The standard InChI is InChI=1S/C2H2O2.CH4S.CH3.H2S.U/c1-2(3)4;1-2;;;/h1H,(H,3,4);2H,1H3;1H3;1H2;/q;;;;+2/p-2. The Kier molecular flexibility index (Phi) is 4.57. The number of rotatable bonds is 2. The molecule has 0 spiro atoms. The summed E-state index contributed by atoms with van der Waals surface area (Å²) in [6, 6.07) is 0. The van der Waals surface area contributed by atoms with Crippen LogP contribution in [0.25, 0.3) is 0 Å². The predicted molar refractivity (Wildman–Crippen MR) is 42.1 cm³/mol. The fourth-order valence-electron chi connectivity index (χ4n) is 0.288. The molecule has 0 rings (SSSR count). The summed E-state index contributed by atoms with van der Waals surface area (Å²) >= 11 is -2.71. The maximum atomic E-state index is 10.1. The topological polar surface area (TPSA) is 37.3 Å². The Morgan fingerprint density at radius 1 is 1.89 bits per heavy atom. The maximum absolute atomic E-state index is 10.1. The van der Waals surface area contributed by atoms with Crippen LogP contribution in [0.3, 0.4) is 0 Å². The summed E-state index contributed by atoms with van der Waals surface area (Å²) in [6.07, 6.45) is 1.91. The van der Waals surface area contributed by atoms with E-state index in [-0.39, 0.29) is 0 Å². The molecule has 53 valence electrons. The molecule has 0 aromatic rings. The van der Waals surface area contributed by atoms with Crippen LogP contribution in [0.2, 0.25) is 3.96 Å². The average molecular weight is 391 g/mol. The van der Waals surface area contributed by atoms with Gasteiger partial charge in [-0.05, 0) is 0 Å². The van der Waals surface area contributed by atoms with Crippen LogP contribution in [0.15, 0.2) is 0 Å². The van der Waals surface area contributed by atoms with Crippen molar-refractivity contribution in [1.29, 1.82) is 0 Å². The zero-order chi connectivity index (χ0) is 7.49. The molecule has 0 saturated heterocycles. The van der Waals surface area contributed by atoms with Gasteiger partial charge in [-0.15, -0.1) is 0 Å². The monoisotopic (exact) mass is 391 g/mol. The molecule has 0 bridgehead atoms. The Morgan fingerprint density at radius 3 is 2.44 bits per heavy atom. The first-order chi connectivity index (χ1) is 3.98. The Morgan fingerprint density at radius 2 is 2.33 bits per heavy atom. The first-order valence-corrected chi connectivity index (χ1v) is 21.3. The molecule has 1 atom stereocenters. The summed E-state index contributed by atoms with van der Waals surface area (Å²) < 4.78 is 3.34. The fourth-order valence-corrected chi connectivity index (χ4v) is 5.76. The van der Waals surface area contributed by atoms with Gasteiger partial charge >= 0.3 is 65.7 Å². The van der Waals surface area contributed by atoms with E-state index < -0.39 is 26.6 Å². The van der Waals surface area contributed by atoms with Crippen LogP contribution in [0, 0.1) is 20.6 Å². The molecule has 0 heterocycles. The van der Waals surface area contributed by atoms with Crippen molar-refractivity contribution in [3.63, 3.8) is 0 Å². The van der Waals surface area contributed by atoms with Crippen molar-refractivity contribution in [3.05, 3.63) is 0 Å². The molecule has 0 aromatic carbocycles. The number of carboxylic acid groups (broad SMARTS) is 1. The van der Waals surface area contributed by atoms with Crippen molar-refractivity contribution in [2.75, 3.05) is 6.26 Å². The Bertz CT molecular complexity index is 160. The molecule has 0 fully saturated rings. The average Bonchev–Trinajstić information content (AvgIpc) is 1.63. The molecule has 2 nitrogen and oxygen atoms in total. The van der Waals surface area contributed by atoms with Crippen molar-refractivity contribution < 1.29 is 30.5 Å². The number of carboxylic acids is 1. The normalized spacial score (nSPS) is 16.3. The van der Waals surface area contributed by atoms with Crippen molar-refractivity contribution in [1.82, 2.24) is 0 Å². The van der Waals surface area contributed by atoms with Gasteiger partial charge in [-0.3, -0.25) is 0 Å². The van der Waals surface area contributed by atoms with Gasteiger partial charge in [0.15, 0.2) is 0 Å². The van der Waals surface area contributed by atoms with Crippen LogP contribution in [0.1, 0.15) is 0 Å². The summed E-state index contributed by atoms with van der Waals surface area (Å²) in [4.78, 5) is 10.1. The van der Waals surface area contributed by atoms with Crippen LogP contribution in [-0.2, 0) is 4.79 Å². The van der Waals surface area contributed by atoms with Gasteiger partial charge in [-0.2, -0.15) is 0 Å². The molecule has 0 amide bonds. The third-order valence-corrected chi connectivity index (χ3v) is 22.6. The zero-order valence-corrected chi connectivity index (χ0v) is 11.2. The minimum atomic E-state index is -2.71. The van der Waals surface area contributed by atoms with Crippen LogP contribution in [0.5, 0.6) is 0 Å². The van der Waals surface area contributed by atoms with E-state index in [9.17, 15) is 4.79 Å². The quantitative estimate of drug-likeness (QED) is 0.695. The number of aliphatic carboxylic acids is 1. The molecular weight excluding hydrogens is 382 g/mol. The second kappa shape index (κ2) is 4.07. The molecule has 0 radical (unpaired) electrons. The van der Waals surface area contributed by atoms with Crippen LogP contribution in [-0.4, -0.2) is 20.4 Å². The first kappa shape index (κ1) is 10.1. The summed E-state index contributed by atoms with van der Waals surface area (Å²) in [6.45, 7) is 0. The SMILES string of the molecule is C[S][U]([CH3])([SH])=[CH]C(=O)O. The number of carbonyl (C=O) groups is 1. The van der Waals surface area contributed by atoms with E-state index in [2.05, 4.69) is 8.45 Å². The van der Waals surface area contributed by atoms with Gasteiger partial charge in [0, 0.05) is 0 Å². The van der Waals surface area contributed by atoms with E-state index >= 15 is 0 Å². The van der Waals surface area contributed by atoms with Crippen LogP contribution in [0.4, 0.5) is 0 Å². The molecule has 5 heteroatoms. The van der Waals surface area contributed by atoms with E-state index in [1.807, 2.05) is 10.2 Å². The van der Waals surface area contributed by atoms with Gasteiger partial charge in [0.25, 0.3) is 0 Å². The second-order valence-corrected chi connectivity index (χ2v) is 36.6. The summed E-state index contributed by atoms with van der Waals surface area (Å²) in [5, 5.41) is 8.32. The van der Waals surface area contributed by atoms with Crippen molar-refractivity contribution in [3.8, 4) is 0 Å². The van der Waals surface area contributed by atoms with Crippen LogP contribution < -0.4 is 0 Å². The number of thiol groups is 1. The number of hydrogen-bond donors (Lipinski definition) is 2. The van der Waals surface area contributed by atoms with E-state index in [0.717, 1.165) is 0 Å². The third kappa shape index (κ3) is 5.53. The van der Waals surface area contributed by atoms with Crippen molar-refractivity contribution in [2.24, 2.45) is 0 Å². The predicted octanol–water partition coefficient (Wildman–Crippen LogP) is 1.20. The molecule has 1 N–H and O–H groups in total. The second-order valence-electron chi connectivity index (χ2n) is 1.74. The molecule has 0 saturated carbocycles. The Hall–Kier alpha value is 1.09. The van der Waals surface area contributed by atoms with E-state index in [1.54, 1.807) is 7.59 Å². The molecule has 0 aromatic heterocycles. The number of hydrogen-bond acceptors (Lipinski definition) is 3. The van der Waals surface area contributed by atoms with Crippen molar-refractivity contribution >= 4 is 25.0 Å².